The Morgan fingerprint density at radius 2 is 2.04 bits per heavy atom. The van der Waals surface area contributed by atoms with Gasteiger partial charge < -0.3 is 4.57 Å². The molecule has 0 aliphatic carbocycles. The van der Waals surface area contributed by atoms with Gasteiger partial charge in [-0.25, -0.2) is 18.1 Å². The van der Waals surface area contributed by atoms with Gasteiger partial charge in [-0.3, -0.25) is 0 Å². The zero-order valence-corrected chi connectivity index (χ0v) is 14.0. The highest BCUT2D eigenvalue weighted by atomic mass is 32.2. The minimum atomic E-state index is -3.60. The van der Waals surface area contributed by atoms with Crippen LogP contribution in [0.4, 0.5) is 0 Å². The second-order valence-corrected chi connectivity index (χ2v) is 7.20. The fraction of sp³-hybridized carbons (Fsp3) is 0.235. The third-order valence-corrected chi connectivity index (χ3v) is 5.21. The largest absolute Gasteiger partial charge is 0.331 e. The van der Waals surface area contributed by atoms with Crippen molar-refractivity contribution < 1.29 is 8.42 Å². The zero-order valence-electron chi connectivity index (χ0n) is 13.2. The number of hydrogen-bond donors (Lipinski definition) is 1. The van der Waals surface area contributed by atoms with E-state index in [0.29, 0.717) is 17.6 Å². The monoisotopic (exact) mass is 329 g/mol. The molecule has 1 aromatic carbocycles. The van der Waals surface area contributed by atoms with Gasteiger partial charge in [-0.15, -0.1) is 0 Å². The summed E-state index contributed by atoms with van der Waals surface area (Å²) in [6.45, 7) is 4.88. The first-order valence-electron chi connectivity index (χ1n) is 7.50. The second kappa shape index (κ2) is 6.14. The molecule has 120 valence electrons. The topological polar surface area (TPSA) is 64.0 Å². The van der Waals surface area contributed by atoms with E-state index in [-0.39, 0.29) is 11.4 Å². The van der Waals surface area contributed by atoms with Crippen molar-refractivity contribution in [3.8, 4) is 0 Å². The Bertz CT molecular complexity index is 945. The van der Waals surface area contributed by atoms with E-state index in [1.807, 2.05) is 42.7 Å². The van der Waals surface area contributed by atoms with Crippen LogP contribution in [0.25, 0.3) is 11.0 Å². The van der Waals surface area contributed by atoms with Gasteiger partial charge >= 0.3 is 0 Å². The van der Waals surface area contributed by atoms with Crippen molar-refractivity contribution in [3.63, 3.8) is 0 Å². The van der Waals surface area contributed by atoms with Gasteiger partial charge in [-0.2, -0.15) is 0 Å². The van der Waals surface area contributed by atoms with Gasteiger partial charge in [0.05, 0.1) is 0 Å². The SMILES string of the molecule is CCn1cc(S(=O)(=O)NCc2cccc(C)c2)c2cccnc21. The summed E-state index contributed by atoms with van der Waals surface area (Å²) < 4.78 is 29.9. The standard InChI is InChI=1S/C17H19N3O2S/c1-3-20-12-16(15-8-5-9-18-17(15)20)23(21,22)19-11-14-7-4-6-13(2)10-14/h4-10,12,19H,3,11H2,1-2H3. The second-order valence-electron chi connectivity index (χ2n) is 5.47. The molecular formula is C17H19N3O2S. The van der Waals surface area contributed by atoms with E-state index in [1.54, 1.807) is 24.5 Å². The highest BCUT2D eigenvalue weighted by Gasteiger charge is 2.21. The Kier molecular flexibility index (Phi) is 4.19. The number of nitrogens with one attached hydrogen (secondary N) is 1. The molecule has 0 saturated heterocycles. The number of hydrogen-bond acceptors (Lipinski definition) is 3. The van der Waals surface area contributed by atoms with E-state index in [0.717, 1.165) is 11.1 Å². The van der Waals surface area contributed by atoms with E-state index in [9.17, 15) is 8.42 Å². The van der Waals surface area contributed by atoms with E-state index < -0.39 is 10.0 Å². The van der Waals surface area contributed by atoms with Gasteiger partial charge in [-0.1, -0.05) is 29.8 Å². The summed E-state index contributed by atoms with van der Waals surface area (Å²) in [7, 11) is -3.60. The number of benzene rings is 1. The van der Waals surface area contributed by atoms with Crippen molar-refractivity contribution in [2.24, 2.45) is 0 Å². The molecule has 0 atom stereocenters. The third-order valence-electron chi connectivity index (χ3n) is 3.78. The molecule has 1 N–H and O–H groups in total. The molecule has 3 rings (SSSR count). The number of sulfonamides is 1. The smallest absolute Gasteiger partial charge is 0.243 e. The normalized spacial score (nSPS) is 11.9. The predicted molar refractivity (Wildman–Crippen MR) is 90.6 cm³/mol. The Labute approximate surface area is 136 Å². The number of pyridine rings is 1. The number of aryl methyl sites for hydroxylation is 2. The molecule has 0 aliphatic rings. The van der Waals surface area contributed by atoms with Crippen LogP contribution >= 0.6 is 0 Å². The molecule has 2 heterocycles. The predicted octanol–water partition coefficient (Wildman–Crippen LogP) is 2.84. The molecule has 23 heavy (non-hydrogen) atoms. The number of aromatic nitrogens is 2. The van der Waals surface area contributed by atoms with Gasteiger partial charge in [0.25, 0.3) is 0 Å². The summed E-state index contributed by atoms with van der Waals surface area (Å²) in [5.41, 5.74) is 2.73. The minimum absolute atomic E-state index is 0.267. The average molecular weight is 329 g/mol. The maximum atomic E-state index is 12.7. The Morgan fingerprint density at radius 1 is 1.22 bits per heavy atom. The van der Waals surface area contributed by atoms with Crippen LogP contribution in [-0.2, 0) is 23.1 Å². The molecule has 0 radical (unpaired) electrons. The van der Waals surface area contributed by atoms with E-state index >= 15 is 0 Å². The van der Waals surface area contributed by atoms with Crippen LogP contribution in [0.5, 0.6) is 0 Å². The van der Waals surface area contributed by atoms with Gasteiger partial charge in [0, 0.05) is 30.9 Å². The Morgan fingerprint density at radius 3 is 2.78 bits per heavy atom. The lowest BCUT2D eigenvalue weighted by atomic mass is 10.1. The number of nitrogens with zero attached hydrogens (tertiary/aromatic N) is 2. The molecule has 3 aromatic rings. The van der Waals surface area contributed by atoms with Crippen molar-refractivity contribution in [3.05, 3.63) is 59.9 Å². The summed E-state index contributed by atoms with van der Waals surface area (Å²) >= 11 is 0. The van der Waals surface area contributed by atoms with Gasteiger partial charge in [0.2, 0.25) is 10.0 Å². The van der Waals surface area contributed by atoms with Crippen molar-refractivity contribution in [2.75, 3.05) is 0 Å². The van der Waals surface area contributed by atoms with Crippen LogP contribution in [0.1, 0.15) is 18.1 Å². The molecule has 0 saturated carbocycles. The van der Waals surface area contributed by atoms with Crippen molar-refractivity contribution >= 4 is 21.1 Å². The molecule has 0 unspecified atom stereocenters. The lowest BCUT2D eigenvalue weighted by Gasteiger charge is -2.06. The van der Waals surface area contributed by atoms with Crippen LogP contribution in [0.3, 0.4) is 0 Å². The van der Waals surface area contributed by atoms with Gasteiger partial charge in [0.1, 0.15) is 10.5 Å². The van der Waals surface area contributed by atoms with Gasteiger partial charge in [0.15, 0.2) is 0 Å². The fourth-order valence-corrected chi connectivity index (χ4v) is 3.85. The maximum absolute atomic E-state index is 12.7. The lowest BCUT2D eigenvalue weighted by Crippen LogP contribution is -2.23. The highest BCUT2D eigenvalue weighted by Crippen LogP contribution is 2.23. The quantitative estimate of drug-likeness (QED) is 0.783. The molecule has 6 heteroatoms. The summed E-state index contributed by atoms with van der Waals surface area (Å²) in [5.74, 6) is 0. The third kappa shape index (κ3) is 3.13. The zero-order chi connectivity index (χ0) is 16.4. The molecule has 0 spiro atoms. The van der Waals surface area contributed by atoms with Crippen molar-refractivity contribution in [2.45, 2.75) is 31.8 Å². The first-order valence-corrected chi connectivity index (χ1v) is 8.98. The van der Waals surface area contributed by atoms with E-state index in [1.165, 1.54) is 0 Å². The molecule has 2 aromatic heterocycles. The maximum Gasteiger partial charge on any atom is 0.243 e. The lowest BCUT2D eigenvalue weighted by molar-refractivity contribution is 0.581. The highest BCUT2D eigenvalue weighted by molar-refractivity contribution is 7.89. The first kappa shape index (κ1) is 15.7. The number of fused-ring (bicyclic) bond motifs is 1. The van der Waals surface area contributed by atoms with Crippen LogP contribution in [0.15, 0.2) is 53.7 Å². The summed E-state index contributed by atoms with van der Waals surface area (Å²) in [5, 5.41) is 0.645. The fourth-order valence-electron chi connectivity index (χ4n) is 2.62. The van der Waals surface area contributed by atoms with Crippen LogP contribution in [0, 0.1) is 6.92 Å². The first-order chi connectivity index (χ1) is 11.0. The molecule has 0 amide bonds. The van der Waals surface area contributed by atoms with Crippen LogP contribution in [0.2, 0.25) is 0 Å². The molecule has 5 nitrogen and oxygen atoms in total. The number of rotatable bonds is 5. The van der Waals surface area contributed by atoms with Crippen LogP contribution < -0.4 is 4.72 Å². The van der Waals surface area contributed by atoms with E-state index in [4.69, 9.17) is 0 Å². The average Bonchev–Trinajstić information content (AvgIpc) is 2.93. The summed E-state index contributed by atoms with van der Waals surface area (Å²) in [6, 6.07) is 11.3. The summed E-state index contributed by atoms with van der Waals surface area (Å²) in [6.07, 6.45) is 3.32. The molecule has 0 bridgehead atoms. The van der Waals surface area contributed by atoms with Crippen molar-refractivity contribution in [1.29, 1.82) is 0 Å². The van der Waals surface area contributed by atoms with Crippen molar-refractivity contribution in [1.82, 2.24) is 14.3 Å². The molecular weight excluding hydrogens is 310 g/mol. The Hall–Kier alpha value is -2.18. The molecule has 0 fully saturated rings. The van der Waals surface area contributed by atoms with Crippen LogP contribution in [-0.4, -0.2) is 18.0 Å². The summed E-state index contributed by atoms with van der Waals surface area (Å²) in [4.78, 5) is 4.56. The minimum Gasteiger partial charge on any atom is -0.331 e. The van der Waals surface area contributed by atoms with E-state index in [2.05, 4.69) is 9.71 Å². The van der Waals surface area contributed by atoms with Gasteiger partial charge in [-0.05, 0) is 31.5 Å². The Balaban J connectivity index is 1.94. The molecule has 0 aliphatic heterocycles.